The largest absolute Gasteiger partial charge is 0.481 e. The van der Waals surface area contributed by atoms with Crippen LogP contribution in [0.15, 0.2) is 12.2 Å². The number of aliphatic carboxylic acids is 2. The van der Waals surface area contributed by atoms with Gasteiger partial charge in [0.2, 0.25) is 0 Å². The fourth-order valence-electron chi connectivity index (χ4n) is 1.78. The molecule has 2 unspecified atom stereocenters. The molecule has 0 spiro atoms. The predicted molar refractivity (Wildman–Crippen MR) is 49.9 cm³/mol. The van der Waals surface area contributed by atoms with E-state index in [1.165, 1.54) is 0 Å². The number of carbonyl (C=O) groups is 2. The summed E-state index contributed by atoms with van der Waals surface area (Å²) in [5, 5.41) is 17.8. The minimum Gasteiger partial charge on any atom is -0.481 e. The van der Waals surface area contributed by atoms with Gasteiger partial charge >= 0.3 is 11.9 Å². The van der Waals surface area contributed by atoms with Crippen LogP contribution in [0, 0.1) is 11.8 Å². The Balaban J connectivity index is 2.78. The first-order valence-electron chi connectivity index (χ1n) is 4.73. The van der Waals surface area contributed by atoms with Gasteiger partial charge in [-0.25, -0.2) is 0 Å². The van der Waals surface area contributed by atoms with Gasteiger partial charge in [-0.05, 0) is 25.7 Å². The van der Waals surface area contributed by atoms with Crippen LogP contribution in [0.2, 0.25) is 0 Å². The normalized spacial score (nSPS) is 27.7. The van der Waals surface area contributed by atoms with E-state index in [1.807, 2.05) is 12.2 Å². The SMILES string of the molecule is O=C(O)C1CCC=CCCC1C(=O)O. The van der Waals surface area contributed by atoms with Crippen LogP contribution in [0.3, 0.4) is 0 Å². The summed E-state index contributed by atoms with van der Waals surface area (Å²) >= 11 is 0. The van der Waals surface area contributed by atoms with Gasteiger partial charge < -0.3 is 10.2 Å². The summed E-state index contributed by atoms with van der Waals surface area (Å²) in [7, 11) is 0. The first kappa shape index (κ1) is 10.8. The van der Waals surface area contributed by atoms with Gasteiger partial charge in [0.25, 0.3) is 0 Å². The molecular weight excluding hydrogens is 184 g/mol. The molecule has 1 aliphatic carbocycles. The van der Waals surface area contributed by atoms with Crippen LogP contribution in [-0.4, -0.2) is 22.2 Å². The van der Waals surface area contributed by atoms with Crippen molar-refractivity contribution in [3.05, 3.63) is 12.2 Å². The van der Waals surface area contributed by atoms with Crippen molar-refractivity contribution in [3.63, 3.8) is 0 Å². The quantitative estimate of drug-likeness (QED) is 0.659. The minimum atomic E-state index is -0.993. The molecule has 2 atom stereocenters. The lowest BCUT2D eigenvalue weighted by molar-refractivity contribution is -0.154. The number of hydrogen-bond donors (Lipinski definition) is 2. The van der Waals surface area contributed by atoms with Crippen molar-refractivity contribution >= 4 is 11.9 Å². The minimum absolute atomic E-state index is 0.419. The monoisotopic (exact) mass is 198 g/mol. The van der Waals surface area contributed by atoms with E-state index in [1.54, 1.807) is 0 Å². The number of carboxylic acids is 2. The molecule has 0 aromatic rings. The Hall–Kier alpha value is -1.32. The highest BCUT2D eigenvalue weighted by Gasteiger charge is 2.32. The van der Waals surface area contributed by atoms with Gasteiger partial charge in [-0.1, -0.05) is 12.2 Å². The Morgan fingerprint density at radius 1 is 0.929 bits per heavy atom. The maximum atomic E-state index is 10.8. The lowest BCUT2D eigenvalue weighted by Crippen LogP contribution is -2.30. The summed E-state index contributed by atoms with van der Waals surface area (Å²) in [6, 6.07) is 0. The van der Waals surface area contributed by atoms with Gasteiger partial charge in [0, 0.05) is 0 Å². The first-order chi connectivity index (χ1) is 6.63. The Labute approximate surface area is 82.2 Å². The summed E-state index contributed by atoms with van der Waals surface area (Å²) in [5.41, 5.74) is 0. The average molecular weight is 198 g/mol. The number of allylic oxidation sites excluding steroid dienone is 2. The van der Waals surface area contributed by atoms with Crippen LogP contribution in [0.4, 0.5) is 0 Å². The van der Waals surface area contributed by atoms with Gasteiger partial charge in [-0.2, -0.15) is 0 Å². The maximum Gasteiger partial charge on any atom is 0.307 e. The van der Waals surface area contributed by atoms with Gasteiger partial charge in [0.15, 0.2) is 0 Å². The van der Waals surface area contributed by atoms with Gasteiger partial charge in [0.05, 0.1) is 11.8 Å². The molecule has 4 nitrogen and oxygen atoms in total. The van der Waals surface area contributed by atoms with E-state index in [-0.39, 0.29) is 0 Å². The zero-order valence-corrected chi connectivity index (χ0v) is 7.85. The maximum absolute atomic E-state index is 10.8. The van der Waals surface area contributed by atoms with Crippen LogP contribution >= 0.6 is 0 Å². The van der Waals surface area contributed by atoms with Gasteiger partial charge in [-0.3, -0.25) is 9.59 Å². The fraction of sp³-hybridized carbons (Fsp3) is 0.600. The van der Waals surface area contributed by atoms with E-state index in [9.17, 15) is 9.59 Å². The predicted octanol–water partition coefficient (Wildman–Crippen LogP) is 1.52. The third-order valence-corrected chi connectivity index (χ3v) is 2.58. The highest BCUT2D eigenvalue weighted by atomic mass is 16.4. The van der Waals surface area contributed by atoms with Crippen molar-refractivity contribution in [3.8, 4) is 0 Å². The molecular formula is C10H14O4. The van der Waals surface area contributed by atoms with Crippen LogP contribution in [0.5, 0.6) is 0 Å². The lowest BCUT2D eigenvalue weighted by atomic mass is 9.83. The van der Waals surface area contributed by atoms with E-state index in [0.29, 0.717) is 25.7 Å². The van der Waals surface area contributed by atoms with E-state index in [0.717, 1.165) is 0 Å². The van der Waals surface area contributed by atoms with Crippen LogP contribution < -0.4 is 0 Å². The average Bonchev–Trinajstić information content (AvgIpc) is 2.01. The molecule has 1 aliphatic rings. The molecule has 4 heteroatoms. The first-order valence-corrected chi connectivity index (χ1v) is 4.73. The van der Waals surface area contributed by atoms with Gasteiger partial charge in [-0.15, -0.1) is 0 Å². The molecule has 2 N–H and O–H groups in total. The van der Waals surface area contributed by atoms with E-state index < -0.39 is 23.8 Å². The third-order valence-electron chi connectivity index (χ3n) is 2.58. The summed E-state index contributed by atoms with van der Waals surface area (Å²) in [6.45, 7) is 0. The zero-order chi connectivity index (χ0) is 10.6. The van der Waals surface area contributed by atoms with Crippen molar-refractivity contribution in [1.29, 1.82) is 0 Å². The molecule has 0 amide bonds. The second-order valence-electron chi connectivity index (χ2n) is 3.52. The van der Waals surface area contributed by atoms with Gasteiger partial charge in [0.1, 0.15) is 0 Å². The Morgan fingerprint density at radius 2 is 1.29 bits per heavy atom. The number of hydrogen-bond acceptors (Lipinski definition) is 2. The second kappa shape index (κ2) is 4.79. The van der Waals surface area contributed by atoms with Crippen LogP contribution in [0.25, 0.3) is 0 Å². The molecule has 0 fully saturated rings. The van der Waals surface area contributed by atoms with Crippen LogP contribution in [-0.2, 0) is 9.59 Å². The summed E-state index contributed by atoms with van der Waals surface area (Å²) in [5.74, 6) is -3.46. The Morgan fingerprint density at radius 3 is 1.57 bits per heavy atom. The standard InChI is InChI=1S/C10H14O4/c11-9(12)7-5-3-1-2-4-6-8(7)10(13)14/h1-2,7-8H,3-6H2,(H,11,12)(H,13,14). The molecule has 0 aromatic heterocycles. The molecule has 0 aliphatic heterocycles. The van der Waals surface area contributed by atoms with E-state index >= 15 is 0 Å². The highest BCUT2D eigenvalue weighted by Crippen LogP contribution is 2.25. The van der Waals surface area contributed by atoms with Crippen LogP contribution in [0.1, 0.15) is 25.7 Å². The zero-order valence-electron chi connectivity index (χ0n) is 7.85. The topological polar surface area (TPSA) is 74.6 Å². The molecule has 78 valence electrons. The van der Waals surface area contributed by atoms with E-state index in [2.05, 4.69) is 0 Å². The van der Waals surface area contributed by atoms with E-state index in [4.69, 9.17) is 10.2 Å². The van der Waals surface area contributed by atoms with Crippen molar-refractivity contribution < 1.29 is 19.8 Å². The molecule has 1 rings (SSSR count). The Bertz CT molecular complexity index is 231. The highest BCUT2D eigenvalue weighted by molar-refractivity contribution is 5.80. The number of rotatable bonds is 2. The summed E-state index contributed by atoms with van der Waals surface area (Å²) in [4.78, 5) is 21.7. The molecule has 14 heavy (non-hydrogen) atoms. The molecule has 0 heterocycles. The number of carboxylic acid groups (broad SMARTS) is 2. The second-order valence-corrected chi connectivity index (χ2v) is 3.52. The van der Waals surface area contributed by atoms with Crippen molar-refractivity contribution in [2.45, 2.75) is 25.7 Å². The fourth-order valence-corrected chi connectivity index (χ4v) is 1.78. The summed E-state index contributed by atoms with van der Waals surface area (Å²) in [6.07, 6.45) is 6.00. The lowest BCUT2D eigenvalue weighted by Gasteiger charge is -2.20. The smallest absolute Gasteiger partial charge is 0.307 e. The van der Waals surface area contributed by atoms with Crippen molar-refractivity contribution in [2.24, 2.45) is 11.8 Å². The molecule has 0 aromatic carbocycles. The van der Waals surface area contributed by atoms with Crippen molar-refractivity contribution in [2.75, 3.05) is 0 Å². The molecule has 0 radical (unpaired) electrons. The van der Waals surface area contributed by atoms with Crippen molar-refractivity contribution in [1.82, 2.24) is 0 Å². The summed E-state index contributed by atoms with van der Waals surface area (Å²) < 4.78 is 0. The third kappa shape index (κ3) is 2.58. The molecule has 0 bridgehead atoms. The molecule has 0 saturated heterocycles. The molecule has 0 saturated carbocycles. The Kier molecular flexibility index (Phi) is 3.68.